The Morgan fingerprint density at radius 1 is 0.636 bits per heavy atom. The highest BCUT2D eigenvalue weighted by Gasteiger charge is 2.60. The first-order chi connectivity index (χ1) is 20.8. The Bertz CT molecular complexity index is 1900. The number of ketones is 1. The summed E-state index contributed by atoms with van der Waals surface area (Å²) >= 11 is 0. The number of aromatic hydroxyl groups is 8. The minimum absolute atomic E-state index is 0.109. The first-order valence-corrected chi connectivity index (χ1v) is 13.0. The molecule has 5 atom stereocenters. The topological polar surface area (TPSA) is 247 Å². The van der Waals surface area contributed by atoms with Gasteiger partial charge in [-0.3, -0.25) is 4.79 Å². The molecule has 5 unspecified atom stereocenters. The molecule has 226 valence electrons. The molecule has 2 bridgehead atoms. The minimum atomic E-state index is -2.28. The third-order valence-corrected chi connectivity index (χ3v) is 8.05. The number of hydrogen-bond acceptors (Lipinski definition) is 14. The molecule has 0 aromatic heterocycles. The van der Waals surface area contributed by atoms with Crippen molar-refractivity contribution in [2.75, 3.05) is 0 Å². The van der Waals surface area contributed by atoms with Gasteiger partial charge in [0.15, 0.2) is 23.7 Å². The molecule has 0 saturated heterocycles. The summed E-state index contributed by atoms with van der Waals surface area (Å²) in [5.41, 5.74) is -1.25. The van der Waals surface area contributed by atoms with Gasteiger partial charge in [0.1, 0.15) is 57.7 Å². The summed E-state index contributed by atoms with van der Waals surface area (Å²) in [6, 6.07) is 8.60. The summed E-state index contributed by atoms with van der Waals surface area (Å²) < 4.78 is 18.0. The highest BCUT2D eigenvalue weighted by molar-refractivity contribution is 6.06. The van der Waals surface area contributed by atoms with E-state index >= 15 is 0 Å². The normalized spacial score (nSPS) is 24.6. The van der Waals surface area contributed by atoms with Gasteiger partial charge in [-0.05, 0) is 24.3 Å². The first kappa shape index (κ1) is 27.1. The fraction of sp³-hybridized carbons (Fsp3) is 0.167. The molecule has 3 aliphatic heterocycles. The lowest BCUT2D eigenvalue weighted by Crippen LogP contribution is -2.57. The fourth-order valence-electron chi connectivity index (χ4n) is 6.12. The summed E-state index contributed by atoms with van der Waals surface area (Å²) in [5.74, 6) is -10.7. The number of aliphatic hydroxyl groups excluding tert-OH is 2. The molecule has 10 N–H and O–H groups in total. The van der Waals surface area contributed by atoms with E-state index in [1.165, 1.54) is 0 Å². The zero-order chi connectivity index (χ0) is 31.4. The summed E-state index contributed by atoms with van der Waals surface area (Å²) in [6.07, 6.45) is -5.48. The molecular formula is C30H22O14. The van der Waals surface area contributed by atoms with E-state index in [-0.39, 0.29) is 39.5 Å². The Balaban J connectivity index is 1.47. The Kier molecular flexibility index (Phi) is 5.48. The largest absolute Gasteiger partial charge is 0.508 e. The van der Waals surface area contributed by atoms with Crippen LogP contribution in [-0.4, -0.2) is 69.1 Å². The molecule has 0 amide bonds. The highest BCUT2D eigenvalue weighted by atomic mass is 16.7. The van der Waals surface area contributed by atoms with E-state index in [1.807, 2.05) is 0 Å². The maximum atomic E-state index is 13.5. The minimum Gasteiger partial charge on any atom is -0.508 e. The van der Waals surface area contributed by atoms with Crippen molar-refractivity contribution in [3.8, 4) is 63.2 Å². The van der Waals surface area contributed by atoms with E-state index in [2.05, 4.69) is 0 Å². The van der Waals surface area contributed by atoms with Crippen LogP contribution in [0.5, 0.6) is 63.2 Å². The number of fused-ring (bicyclic) bond motifs is 7. The molecule has 0 fully saturated rings. The number of aliphatic hydroxyl groups is 2. The summed E-state index contributed by atoms with van der Waals surface area (Å²) in [5, 5.41) is 106. The van der Waals surface area contributed by atoms with E-state index in [1.54, 1.807) is 0 Å². The number of rotatable bonds is 2. The molecular weight excluding hydrogens is 584 g/mol. The second-order valence-electron chi connectivity index (χ2n) is 10.6. The summed E-state index contributed by atoms with van der Waals surface area (Å²) in [6.45, 7) is 0. The SMILES string of the molecule is O=C1c2c(cc3c(c2O)C2c4c(O)cc(O)cc4OC(c4cc(O)cc(O)c4)(O3)C2O)OC(c2ccc(O)c(O)c2O)C1O. The first-order valence-electron chi connectivity index (χ1n) is 13.0. The smallest absolute Gasteiger partial charge is 0.305 e. The average Bonchev–Trinajstić information content (AvgIpc) is 2.94. The Hall–Kier alpha value is -5.73. The molecule has 44 heavy (non-hydrogen) atoms. The number of Topliss-reactive ketones (excluding diaryl/α,β-unsaturated/α-hetero) is 1. The Labute approximate surface area is 245 Å². The van der Waals surface area contributed by atoms with Crippen molar-refractivity contribution < 1.29 is 70.1 Å². The van der Waals surface area contributed by atoms with Gasteiger partial charge in [0.05, 0.1) is 5.92 Å². The maximum Gasteiger partial charge on any atom is 0.305 e. The third-order valence-electron chi connectivity index (χ3n) is 8.05. The molecule has 14 heteroatoms. The summed E-state index contributed by atoms with van der Waals surface area (Å²) in [7, 11) is 0. The predicted molar refractivity (Wildman–Crippen MR) is 144 cm³/mol. The van der Waals surface area contributed by atoms with Crippen LogP contribution in [0.1, 0.15) is 44.6 Å². The number of carbonyl (C=O) groups excluding carboxylic acids is 1. The number of phenolic OH excluding ortho intramolecular Hbond substituents is 8. The molecule has 0 aliphatic carbocycles. The number of carbonyl (C=O) groups is 1. The quantitative estimate of drug-likeness (QED) is 0.147. The number of phenols is 8. The van der Waals surface area contributed by atoms with E-state index in [4.69, 9.17) is 14.2 Å². The van der Waals surface area contributed by atoms with Gasteiger partial charge in [-0.25, -0.2) is 0 Å². The van der Waals surface area contributed by atoms with Crippen molar-refractivity contribution >= 4 is 5.78 Å². The van der Waals surface area contributed by atoms with Gasteiger partial charge in [-0.1, -0.05) is 0 Å². The molecule has 4 aromatic rings. The Morgan fingerprint density at radius 2 is 1.27 bits per heavy atom. The monoisotopic (exact) mass is 606 g/mol. The van der Waals surface area contributed by atoms with Crippen LogP contribution in [0, 0.1) is 0 Å². The van der Waals surface area contributed by atoms with Gasteiger partial charge in [-0.15, -0.1) is 0 Å². The Morgan fingerprint density at radius 3 is 1.95 bits per heavy atom. The van der Waals surface area contributed by atoms with Crippen LogP contribution in [0.3, 0.4) is 0 Å². The lowest BCUT2D eigenvalue weighted by atomic mass is 9.74. The van der Waals surface area contributed by atoms with Crippen molar-refractivity contribution in [1.82, 2.24) is 0 Å². The van der Waals surface area contributed by atoms with E-state index in [0.29, 0.717) is 0 Å². The van der Waals surface area contributed by atoms with Crippen molar-refractivity contribution in [2.24, 2.45) is 0 Å². The van der Waals surface area contributed by atoms with Crippen molar-refractivity contribution in [1.29, 1.82) is 0 Å². The van der Waals surface area contributed by atoms with Crippen LogP contribution < -0.4 is 14.2 Å². The molecule has 14 nitrogen and oxygen atoms in total. The van der Waals surface area contributed by atoms with Crippen molar-refractivity contribution in [2.45, 2.75) is 30.0 Å². The van der Waals surface area contributed by atoms with Crippen molar-refractivity contribution in [3.05, 3.63) is 76.3 Å². The van der Waals surface area contributed by atoms with E-state index in [0.717, 1.165) is 48.5 Å². The standard InChI is InChI=1S/C30H22O14/c31-10-3-9(4-11(32)5-10)30-29(41)22(19-15(35)6-12(33)7-17(19)43-30)20-18(44-30)8-16-21(25(20)38)26(39)27(40)28(42-16)13-1-2-14(34)24(37)23(13)36/h1-8,22,27-29,31-38,40-41H. The highest BCUT2D eigenvalue weighted by Crippen LogP contribution is 2.62. The van der Waals surface area contributed by atoms with Crippen LogP contribution in [-0.2, 0) is 5.79 Å². The van der Waals surface area contributed by atoms with Gasteiger partial charge < -0.3 is 65.3 Å². The maximum absolute atomic E-state index is 13.5. The molecule has 7 rings (SSSR count). The van der Waals surface area contributed by atoms with Gasteiger partial charge in [0, 0.05) is 46.5 Å². The zero-order valence-corrected chi connectivity index (χ0v) is 22.0. The molecule has 0 saturated carbocycles. The number of benzene rings is 4. The predicted octanol–water partition coefficient (Wildman–Crippen LogP) is 2.14. The van der Waals surface area contributed by atoms with Crippen LogP contribution in [0.4, 0.5) is 0 Å². The van der Waals surface area contributed by atoms with Crippen LogP contribution in [0.25, 0.3) is 0 Å². The lowest BCUT2D eigenvalue weighted by molar-refractivity contribution is -0.218. The average molecular weight is 606 g/mol. The van der Waals surface area contributed by atoms with Crippen LogP contribution in [0.15, 0.2) is 48.5 Å². The molecule has 3 aliphatic rings. The molecule has 3 heterocycles. The zero-order valence-electron chi connectivity index (χ0n) is 22.0. The van der Waals surface area contributed by atoms with Gasteiger partial charge >= 0.3 is 5.79 Å². The van der Waals surface area contributed by atoms with Gasteiger partial charge in [0.25, 0.3) is 0 Å². The summed E-state index contributed by atoms with van der Waals surface area (Å²) in [4.78, 5) is 13.5. The third kappa shape index (κ3) is 3.52. The molecule has 4 aromatic carbocycles. The number of ether oxygens (including phenoxy) is 3. The fourth-order valence-corrected chi connectivity index (χ4v) is 6.12. The second kappa shape index (κ2) is 8.89. The second-order valence-corrected chi connectivity index (χ2v) is 10.6. The van der Waals surface area contributed by atoms with Gasteiger partial charge in [0.2, 0.25) is 11.5 Å². The van der Waals surface area contributed by atoms with Crippen molar-refractivity contribution in [3.63, 3.8) is 0 Å². The van der Waals surface area contributed by atoms with Crippen LogP contribution >= 0.6 is 0 Å². The molecule has 0 radical (unpaired) electrons. The molecule has 0 spiro atoms. The lowest BCUT2D eigenvalue weighted by Gasteiger charge is -2.50. The van der Waals surface area contributed by atoms with Gasteiger partial charge in [-0.2, -0.15) is 0 Å². The van der Waals surface area contributed by atoms with E-state index in [9.17, 15) is 55.9 Å². The number of hydrogen-bond donors (Lipinski definition) is 10. The van der Waals surface area contributed by atoms with Crippen LogP contribution in [0.2, 0.25) is 0 Å². The van der Waals surface area contributed by atoms with E-state index < -0.39 is 87.4 Å².